The standard InChI is InChI=1S/C10H8F2N2/c1-6-2-9(12)7(3-8(6)11)10-4-13-5-14-10/h2-5H,1H3,(H,13,14). The Kier molecular flexibility index (Phi) is 2.04. The van der Waals surface area contributed by atoms with Crippen LogP contribution >= 0.6 is 0 Å². The highest BCUT2D eigenvalue weighted by Gasteiger charge is 2.09. The lowest BCUT2D eigenvalue weighted by atomic mass is 10.1. The third-order valence-electron chi connectivity index (χ3n) is 2.04. The van der Waals surface area contributed by atoms with Gasteiger partial charge in [-0.1, -0.05) is 0 Å². The molecule has 1 aromatic heterocycles. The number of benzene rings is 1. The van der Waals surface area contributed by atoms with Crippen molar-refractivity contribution < 1.29 is 8.78 Å². The molecule has 2 nitrogen and oxygen atoms in total. The van der Waals surface area contributed by atoms with Gasteiger partial charge in [-0.3, -0.25) is 0 Å². The second-order valence-corrected chi connectivity index (χ2v) is 3.05. The van der Waals surface area contributed by atoms with E-state index in [0.29, 0.717) is 11.3 Å². The topological polar surface area (TPSA) is 28.7 Å². The Morgan fingerprint density at radius 3 is 2.64 bits per heavy atom. The maximum atomic E-state index is 13.4. The molecular formula is C10H8F2N2. The Bertz CT molecular complexity index is 449. The van der Waals surface area contributed by atoms with Gasteiger partial charge in [-0.05, 0) is 24.6 Å². The zero-order valence-electron chi connectivity index (χ0n) is 7.51. The third-order valence-corrected chi connectivity index (χ3v) is 2.04. The van der Waals surface area contributed by atoms with Crippen LogP contribution in [0, 0.1) is 18.6 Å². The first-order valence-corrected chi connectivity index (χ1v) is 4.13. The van der Waals surface area contributed by atoms with Gasteiger partial charge < -0.3 is 4.98 Å². The molecule has 0 bridgehead atoms. The molecule has 1 N–H and O–H groups in total. The minimum Gasteiger partial charge on any atom is -0.345 e. The van der Waals surface area contributed by atoms with Crippen molar-refractivity contribution in [3.63, 3.8) is 0 Å². The molecule has 0 aliphatic rings. The average molecular weight is 194 g/mol. The number of aromatic nitrogens is 2. The average Bonchev–Trinajstić information content (AvgIpc) is 2.64. The van der Waals surface area contributed by atoms with Crippen molar-refractivity contribution >= 4 is 0 Å². The predicted octanol–water partition coefficient (Wildman–Crippen LogP) is 2.66. The molecule has 0 saturated carbocycles. The minimum absolute atomic E-state index is 0.200. The summed E-state index contributed by atoms with van der Waals surface area (Å²) in [5.41, 5.74) is 0.970. The summed E-state index contributed by atoms with van der Waals surface area (Å²) in [5, 5.41) is 0. The number of nitrogens with zero attached hydrogens (tertiary/aromatic N) is 1. The molecule has 0 atom stereocenters. The number of rotatable bonds is 1. The fourth-order valence-corrected chi connectivity index (χ4v) is 1.26. The number of H-pyrrole nitrogens is 1. The Labute approximate surface area is 79.6 Å². The van der Waals surface area contributed by atoms with Crippen LogP contribution in [0.5, 0.6) is 0 Å². The molecule has 14 heavy (non-hydrogen) atoms. The van der Waals surface area contributed by atoms with Crippen LogP contribution in [0.3, 0.4) is 0 Å². The molecule has 0 unspecified atom stereocenters. The molecule has 0 aliphatic carbocycles. The van der Waals surface area contributed by atoms with E-state index < -0.39 is 11.6 Å². The van der Waals surface area contributed by atoms with E-state index in [-0.39, 0.29) is 5.56 Å². The smallest absolute Gasteiger partial charge is 0.133 e. The third kappa shape index (κ3) is 1.39. The number of imidazole rings is 1. The van der Waals surface area contributed by atoms with Crippen LogP contribution in [0.15, 0.2) is 24.7 Å². The summed E-state index contributed by atoms with van der Waals surface area (Å²) in [6.45, 7) is 1.52. The van der Waals surface area contributed by atoms with Crippen molar-refractivity contribution in [1.29, 1.82) is 0 Å². The SMILES string of the molecule is Cc1cc(F)c(-c2cnc[nH]2)cc1F. The lowest BCUT2D eigenvalue weighted by Gasteiger charge is -2.02. The van der Waals surface area contributed by atoms with Gasteiger partial charge >= 0.3 is 0 Å². The van der Waals surface area contributed by atoms with Crippen molar-refractivity contribution in [2.24, 2.45) is 0 Å². The molecular weight excluding hydrogens is 186 g/mol. The summed E-state index contributed by atoms with van der Waals surface area (Å²) in [6, 6.07) is 2.34. The van der Waals surface area contributed by atoms with Gasteiger partial charge in [0.25, 0.3) is 0 Å². The monoisotopic (exact) mass is 194 g/mol. The molecule has 2 aromatic rings. The van der Waals surface area contributed by atoms with Crippen LogP contribution in [0.2, 0.25) is 0 Å². The van der Waals surface area contributed by atoms with Gasteiger partial charge in [0.2, 0.25) is 0 Å². The molecule has 72 valence electrons. The van der Waals surface area contributed by atoms with Gasteiger partial charge in [-0.15, -0.1) is 0 Å². The van der Waals surface area contributed by atoms with Gasteiger partial charge in [-0.25, -0.2) is 13.8 Å². The highest BCUT2D eigenvalue weighted by atomic mass is 19.1. The zero-order valence-corrected chi connectivity index (χ0v) is 7.51. The van der Waals surface area contributed by atoms with E-state index in [2.05, 4.69) is 9.97 Å². The highest BCUT2D eigenvalue weighted by molar-refractivity contribution is 5.59. The first kappa shape index (κ1) is 8.87. The largest absolute Gasteiger partial charge is 0.345 e. The zero-order chi connectivity index (χ0) is 10.1. The van der Waals surface area contributed by atoms with Gasteiger partial charge in [0.15, 0.2) is 0 Å². The molecule has 0 amide bonds. The first-order valence-electron chi connectivity index (χ1n) is 4.13. The molecule has 0 saturated heterocycles. The van der Waals surface area contributed by atoms with Gasteiger partial charge in [-0.2, -0.15) is 0 Å². The normalized spacial score (nSPS) is 10.5. The lowest BCUT2D eigenvalue weighted by Crippen LogP contribution is -1.90. The van der Waals surface area contributed by atoms with Crippen LogP contribution in [0.4, 0.5) is 8.78 Å². The number of aromatic amines is 1. The molecule has 1 heterocycles. The van der Waals surface area contributed by atoms with E-state index in [9.17, 15) is 8.78 Å². The highest BCUT2D eigenvalue weighted by Crippen LogP contribution is 2.22. The Balaban J connectivity index is 2.60. The van der Waals surface area contributed by atoms with E-state index in [1.165, 1.54) is 25.5 Å². The number of hydrogen-bond acceptors (Lipinski definition) is 1. The summed E-state index contributed by atoms with van der Waals surface area (Å²) in [6.07, 6.45) is 2.87. The number of halogens is 2. The molecule has 1 aromatic carbocycles. The number of aryl methyl sites for hydroxylation is 1. The van der Waals surface area contributed by atoms with Crippen LogP contribution in [-0.4, -0.2) is 9.97 Å². The molecule has 0 aliphatic heterocycles. The van der Waals surface area contributed by atoms with E-state index in [1.54, 1.807) is 0 Å². The van der Waals surface area contributed by atoms with Crippen molar-refractivity contribution in [2.75, 3.05) is 0 Å². The Morgan fingerprint density at radius 2 is 2.00 bits per heavy atom. The van der Waals surface area contributed by atoms with Crippen LogP contribution in [-0.2, 0) is 0 Å². The minimum atomic E-state index is -0.451. The van der Waals surface area contributed by atoms with Gasteiger partial charge in [0.1, 0.15) is 11.6 Å². The summed E-state index contributed by atoms with van der Waals surface area (Å²) in [5.74, 6) is -0.871. The van der Waals surface area contributed by atoms with Crippen molar-refractivity contribution in [1.82, 2.24) is 9.97 Å². The van der Waals surface area contributed by atoms with Gasteiger partial charge in [0.05, 0.1) is 18.2 Å². The van der Waals surface area contributed by atoms with Crippen LogP contribution < -0.4 is 0 Å². The van der Waals surface area contributed by atoms with Crippen molar-refractivity contribution in [3.05, 3.63) is 41.9 Å². The molecule has 0 radical (unpaired) electrons. The maximum Gasteiger partial charge on any atom is 0.133 e. The summed E-state index contributed by atoms with van der Waals surface area (Å²) >= 11 is 0. The van der Waals surface area contributed by atoms with E-state index in [1.807, 2.05) is 0 Å². The van der Waals surface area contributed by atoms with Crippen LogP contribution in [0.1, 0.15) is 5.56 Å². The quantitative estimate of drug-likeness (QED) is 0.742. The fourth-order valence-electron chi connectivity index (χ4n) is 1.26. The van der Waals surface area contributed by atoms with E-state index >= 15 is 0 Å². The molecule has 2 rings (SSSR count). The lowest BCUT2D eigenvalue weighted by molar-refractivity contribution is 0.595. The summed E-state index contributed by atoms with van der Waals surface area (Å²) in [7, 11) is 0. The summed E-state index contributed by atoms with van der Waals surface area (Å²) in [4.78, 5) is 6.47. The summed E-state index contributed by atoms with van der Waals surface area (Å²) < 4.78 is 26.5. The fraction of sp³-hybridized carbons (Fsp3) is 0.100. The number of nitrogens with one attached hydrogen (secondary N) is 1. The first-order chi connectivity index (χ1) is 6.68. The van der Waals surface area contributed by atoms with Crippen LogP contribution in [0.25, 0.3) is 11.3 Å². The number of hydrogen-bond donors (Lipinski definition) is 1. The second kappa shape index (κ2) is 3.21. The maximum absolute atomic E-state index is 13.4. The second-order valence-electron chi connectivity index (χ2n) is 3.05. The Morgan fingerprint density at radius 1 is 1.21 bits per heavy atom. The Hall–Kier alpha value is -1.71. The predicted molar refractivity (Wildman–Crippen MR) is 48.7 cm³/mol. The molecule has 0 fully saturated rings. The van der Waals surface area contributed by atoms with E-state index in [0.717, 1.165) is 6.07 Å². The molecule has 4 heteroatoms. The van der Waals surface area contributed by atoms with Crippen molar-refractivity contribution in [2.45, 2.75) is 6.92 Å². The molecule has 0 spiro atoms. The van der Waals surface area contributed by atoms with Gasteiger partial charge in [0, 0.05) is 5.56 Å². The van der Waals surface area contributed by atoms with E-state index in [4.69, 9.17) is 0 Å². The van der Waals surface area contributed by atoms with Crippen molar-refractivity contribution in [3.8, 4) is 11.3 Å².